The number of hydrogen-bond acceptors (Lipinski definition) is 4. The Balaban J connectivity index is 0.000000654. The maximum atomic E-state index is 12.9. The smallest absolute Gasteiger partial charge is 0.255 e. The molecule has 0 radical (unpaired) electrons. The molecular weight excluding hydrogens is 402 g/mol. The lowest BCUT2D eigenvalue weighted by Gasteiger charge is -2.28. The largest absolute Gasteiger partial charge is 0.456 e. The topological polar surface area (TPSA) is 68.5 Å². The molecule has 0 bridgehead atoms. The van der Waals surface area contributed by atoms with E-state index in [4.69, 9.17) is 9.15 Å². The molecule has 1 fully saturated rings. The summed E-state index contributed by atoms with van der Waals surface area (Å²) in [5.74, 6) is 1.16. The van der Waals surface area contributed by atoms with Crippen molar-refractivity contribution in [2.75, 3.05) is 7.11 Å². The van der Waals surface area contributed by atoms with Crippen LogP contribution < -0.4 is 5.32 Å². The Kier molecular flexibility index (Phi) is 10.2. The monoisotopic (exact) mass is 441 g/mol. The van der Waals surface area contributed by atoms with E-state index in [0.717, 1.165) is 37.2 Å². The molecule has 1 N–H and O–H groups in total. The number of Topliss-reactive ketones (excluding diaryl/α,β-unsaturated/α-hetero) is 1. The third kappa shape index (κ3) is 7.33. The number of furan rings is 1. The van der Waals surface area contributed by atoms with Gasteiger partial charge in [-0.15, -0.1) is 0 Å². The number of ether oxygens (including phenoxy) is 1. The quantitative estimate of drug-likeness (QED) is 0.507. The Hall–Kier alpha value is -2.40. The number of nitrogens with one attached hydrogen (secondary N) is 1. The molecule has 0 aliphatic heterocycles. The minimum Gasteiger partial charge on any atom is -0.456 e. The summed E-state index contributed by atoms with van der Waals surface area (Å²) in [6.45, 7) is 10.1. The van der Waals surface area contributed by atoms with E-state index in [1.807, 2.05) is 37.3 Å². The van der Waals surface area contributed by atoms with Crippen LogP contribution in [0.4, 0.5) is 0 Å². The van der Waals surface area contributed by atoms with Crippen LogP contribution in [-0.2, 0) is 4.74 Å². The number of amides is 1. The zero-order valence-corrected chi connectivity index (χ0v) is 20.4. The second kappa shape index (κ2) is 12.6. The number of methoxy groups -OCH3 is 1. The Morgan fingerprint density at radius 3 is 2.19 bits per heavy atom. The first-order valence-electron chi connectivity index (χ1n) is 11.8. The Bertz CT molecular complexity index is 848. The molecule has 1 aliphatic carbocycles. The van der Waals surface area contributed by atoms with Gasteiger partial charge in [0.25, 0.3) is 5.91 Å². The fourth-order valence-electron chi connectivity index (χ4n) is 3.68. The normalized spacial score (nSPS) is 19.1. The minimum atomic E-state index is -0.184. The standard InChI is InChI=1S/C22H27NO4.C5H12/c1-14(16-7-5-4-6-8-16)21-19(13-20(27-21)15(2)24)22(25)23-17-9-11-18(26-3)12-10-17;1-4-5(2)3/h4-8,13-14,17-18H,9-12H2,1-3H3,(H,23,25);5H,4H2,1-3H3. The van der Waals surface area contributed by atoms with Crippen LogP contribution in [0, 0.1) is 5.92 Å². The molecular formula is C27H39NO4. The van der Waals surface area contributed by atoms with Crippen molar-refractivity contribution in [2.45, 2.75) is 84.8 Å². The maximum Gasteiger partial charge on any atom is 0.255 e. The van der Waals surface area contributed by atoms with Gasteiger partial charge < -0.3 is 14.5 Å². The van der Waals surface area contributed by atoms with E-state index in [-0.39, 0.29) is 35.5 Å². The molecule has 1 atom stereocenters. The molecule has 1 aliphatic rings. The van der Waals surface area contributed by atoms with Gasteiger partial charge >= 0.3 is 0 Å². The lowest BCUT2D eigenvalue weighted by atomic mass is 9.92. The third-order valence-corrected chi connectivity index (χ3v) is 6.20. The highest BCUT2D eigenvalue weighted by molar-refractivity contribution is 5.99. The summed E-state index contributed by atoms with van der Waals surface area (Å²) in [5.41, 5.74) is 1.49. The van der Waals surface area contributed by atoms with Gasteiger partial charge in [-0.25, -0.2) is 0 Å². The van der Waals surface area contributed by atoms with E-state index < -0.39 is 0 Å². The van der Waals surface area contributed by atoms with Gasteiger partial charge in [0, 0.05) is 32.1 Å². The van der Waals surface area contributed by atoms with Crippen molar-refractivity contribution in [2.24, 2.45) is 5.92 Å². The van der Waals surface area contributed by atoms with Gasteiger partial charge in [0.05, 0.1) is 11.7 Å². The molecule has 32 heavy (non-hydrogen) atoms. The van der Waals surface area contributed by atoms with Crippen LogP contribution in [0.15, 0.2) is 40.8 Å². The van der Waals surface area contributed by atoms with Gasteiger partial charge in [-0.3, -0.25) is 9.59 Å². The fraction of sp³-hybridized carbons (Fsp3) is 0.556. The van der Waals surface area contributed by atoms with Crippen LogP contribution in [-0.4, -0.2) is 30.9 Å². The number of carbonyl (C=O) groups excluding carboxylic acids is 2. The van der Waals surface area contributed by atoms with Gasteiger partial charge in [-0.1, -0.05) is 64.4 Å². The highest BCUT2D eigenvalue weighted by Crippen LogP contribution is 2.30. The molecule has 1 saturated carbocycles. The fourth-order valence-corrected chi connectivity index (χ4v) is 3.68. The zero-order chi connectivity index (χ0) is 23.7. The average Bonchev–Trinajstić information content (AvgIpc) is 3.26. The zero-order valence-electron chi connectivity index (χ0n) is 20.4. The molecule has 1 heterocycles. The molecule has 3 rings (SSSR count). The summed E-state index contributed by atoms with van der Waals surface area (Å²) < 4.78 is 11.2. The second-order valence-electron chi connectivity index (χ2n) is 9.06. The lowest BCUT2D eigenvalue weighted by Crippen LogP contribution is -2.39. The molecule has 1 aromatic carbocycles. The molecule has 5 nitrogen and oxygen atoms in total. The van der Waals surface area contributed by atoms with Gasteiger partial charge in [0.2, 0.25) is 0 Å². The van der Waals surface area contributed by atoms with Crippen LogP contribution in [0.25, 0.3) is 0 Å². The number of carbonyl (C=O) groups is 2. The summed E-state index contributed by atoms with van der Waals surface area (Å²) >= 11 is 0. The van der Waals surface area contributed by atoms with Crippen molar-refractivity contribution in [3.05, 3.63) is 59.0 Å². The van der Waals surface area contributed by atoms with Crippen molar-refractivity contribution >= 4 is 11.7 Å². The molecule has 0 saturated heterocycles. The first kappa shape index (κ1) is 25.9. The third-order valence-electron chi connectivity index (χ3n) is 6.20. The van der Waals surface area contributed by atoms with E-state index in [1.54, 1.807) is 13.2 Å². The molecule has 2 aromatic rings. The van der Waals surface area contributed by atoms with Gasteiger partial charge in [0.15, 0.2) is 11.5 Å². The van der Waals surface area contributed by atoms with Gasteiger partial charge in [0.1, 0.15) is 5.76 Å². The SMILES string of the molecule is CCC(C)C.COC1CCC(NC(=O)c2cc(C(C)=O)oc2C(C)c2ccccc2)CC1. The first-order chi connectivity index (χ1) is 15.3. The highest BCUT2D eigenvalue weighted by Gasteiger charge is 2.28. The number of hydrogen-bond donors (Lipinski definition) is 1. The van der Waals surface area contributed by atoms with Crippen LogP contribution in [0.2, 0.25) is 0 Å². The predicted molar refractivity (Wildman–Crippen MR) is 128 cm³/mol. The average molecular weight is 442 g/mol. The van der Waals surface area contributed by atoms with Crippen LogP contribution in [0.5, 0.6) is 0 Å². The van der Waals surface area contributed by atoms with E-state index in [2.05, 4.69) is 26.1 Å². The van der Waals surface area contributed by atoms with E-state index in [0.29, 0.717) is 11.3 Å². The van der Waals surface area contributed by atoms with E-state index in [9.17, 15) is 9.59 Å². The number of benzene rings is 1. The molecule has 0 spiro atoms. The van der Waals surface area contributed by atoms with E-state index in [1.165, 1.54) is 13.3 Å². The Morgan fingerprint density at radius 1 is 1.09 bits per heavy atom. The van der Waals surface area contributed by atoms with Crippen LogP contribution in [0.1, 0.15) is 105 Å². The Morgan fingerprint density at radius 2 is 1.69 bits per heavy atom. The highest BCUT2D eigenvalue weighted by atomic mass is 16.5. The number of ketones is 1. The maximum absolute atomic E-state index is 12.9. The summed E-state index contributed by atoms with van der Waals surface area (Å²) in [5, 5.41) is 3.11. The second-order valence-corrected chi connectivity index (χ2v) is 9.06. The van der Waals surface area contributed by atoms with E-state index >= 15 is 0 Å². The Labute approximate surface area is 192 Å². The summed E-state index contributed by atoms with van der Waals surface area (Å²) in [7, 11) is 1.73. The predicted octanol–water partition coefficient (Wildman–Crippen LogP) is 6.37. The van der Waals surface area contributed by atoms with Crippen molar-refractivity contribution in [3.8, 4) is 0 Å². The van der Waals surface area contributed by atoms with Crippen molar-refractivity contribution in [1.82, 2.24) is 5.32 Å². The summed E-state index contributed by atoms with van der Waals surface area (Å²) in [6.07, 6.45) is 5.26. The number of rotatable bonds is 7. The minimum absolute atomic E-state index is 0.121. The molecule has 1 unspecified atom stereocenters. The van der Waals surface area contributed by atoms with Gasteiger partial charge in [-0.05, 0) is 37.2 Å². The molecule has 1 amide bonds. The molecule has 176 valence electrons. The first-order valence-corrected chi connectivity index (χ1v) is 11.8. The lowest BCUT2D eigenvalue weighted by molar-refractivity contribution is 0.0599. The van der Waals surface area contributed by atoms with Crippen molar-refractivity contribution in [1.29, 1.82) is 0 Å². The summed E-state index contributed by atoms with van der Waals surface area (Å²) in [4.78, 5) is 24.8. The van der Waals surface area contributed by atoms with Crippen LogP contribution in [0.3, 0.4) is 0 Å². The molecule has 5 heteroatoms. The molecule has 1 aromatic heterocycles. The van der Waals surface area contributed by atoms with Crippen molar-refractivity contribution in [3.63, 3.8) is 0 Å². The summed E-state index contributed by atoms with van der Waals surface area (Å²) in [6, 6.07) is 11.5. The van der Waals surface area contributed by atoms with Crippen LogP contribution >= 0.6 is 0 Å². The van der Waals surface area contributed by atoms with Crippen molar-refractivity contribution < 1.29 is 18.7 Å². The van der Waals surface area contributed by atoms with Gasteiger partial charge in [-0.2, -0.15) is 0 Å².